The molecule has 0 bridgehead atoms. The van der Waals surface area contributed by atoms with E-state index in [1.54, 1.807) is 23.4 Å². The molecule has 15 heavy (non-hydrogen) atoms. The fourth-order valence-electron chi connectivity index (χ4n) is 1.37. The van der Waals surface area contributed by atoms with Crippen molar-refractivity contribution in [1.82, 2.24) is 24.5 Å². The van der Waals surface area contributed by atoms with E-state index in [1.807, 2.05) is 10.8 Å². The molecule has 0 fully saturated rings. The Bertz CT molecular complexity index is 419. The number of carbonyl (C=O) groups is 1. The Morgan fingerprint density at radius 2 is 2.33 bits per heavy atom. The summed E-state index contributed by atoms with van der Waals surface area (Å²) in [5, 5.41) is 7.56. The van der Waals surface area contributed by atoms with Gasteiger partial charge in [-0.2, -0.15) is 0 Å². The van der Waals surface area contributed by atoms with Crippen LogP contribution in [0.15, 0.2) is 24.9 Å². The molecule has 0 saturated heterocycles. The summed E-state index contributed by atoms with van der Waals surface area (Å²) in [5.41, 5.74) is 0.605. The van der Waals surface area contributed by atoms with E-state index in [0.717, 1.165) is 25.8 Å². The molecule has 0 saturated carbocycles. The molecule has 0 atom stereocenters. The lowest BCUT2D eigenvalue weighted by molar-refractivity contribution is 0.111. The third-order valence-electron chi connectivity index (χ3n) is 2.12. The van der Waals surface area contributed by atoms with E-state index in [4.69, 9.17) is 0 Å². The van der Waals surface area contributed by atoms with Gasteiger partial charge < -0.3 is 4.57 Å². The standard InChI is InChI=1S/C9H11N5O/c15-7-9-6-10-8-13(9)3-1-4-14-5-2-11-12-14/h2,5-8H,1,3-4H2. The van der Waals surface area contributed by atoms with Crippen LogP contribution in [0.4, 0.5) is 0 Å². The Morgan fingerprint density at radius 3 is 3.07 bits per heavy atom. The zero-order valence-corrected chi connectivity index (χ0v) is 8.15. The third kappa shape index (κ3) is 2.28. The van der Waals surface area contributed by atoms with Gasteiger partial charge in [0, 0.05) is 19.3 Å². The molecule has 0 radical (unpaired) electrons. The van der Waals surface area contributed by atoms with Gasteiger partial charge in [0.1, 0.15) is 5.69 Å². The first-order valence-corrected chi connectivity index (χ1v) is 4.69. The Morgan fingerprint density at radius 1 is 1.40 bits per heavy atom. The third-order valence-corrected chi connectivity index (χ3v) is 2.12. The molecule has 2 aromatic rings. The van der Waals surface area contributed by atoms with Gasteiger partial charge in [-0.1, -0.05) is 5.21 Å². The molecule has 2 aromatic heterocycles. The molecule has 0 aromatic carbocycles. The largest absolute Gasteiger partial charge is 0.328 e. The van der Waals surface area contributed by atoms with Gasteiger partial charge in [0.15, 0.2) is 6.29 Å². The van der Waals surface area contributed by atoms with Gasteiger partial charge >= 0.3 is 0 Å². The zero-order chi connectivity index (χ0) is 10.5. The van der Waals surface area contributed by atoms with Crippen molar-refractivity contribution in [2.45, 2.75) is 19.5 Å². The number of carbonyl (C=O) groups excluding carboxylic acids is 1. The number of nitrogens with zero attached hydrogens (tertiary/aromatic N) is 5. The summed E-state index contributed by atoms with van der Waals surface area (Å²) < 4.78 is 3.58. The van der Waals surface area contributed by atoms with E-state index < -0.39 is 0 Å². The minimum absolute atomic E-state index is 0.605. The van der Waals surface area contributed by atoms with Crippen LogP contribution in [0.3, 0.4) is 0 Å². The number of hydrogen-bond acceptors (Lipinski definition) is 4. The van der Waals surface area contributed by atoms with Crippen LogP contribution in [-0.2, 0) is 13.1 Å². The van der Waals surface area contributed by atoms with Gasteiger partial charge in [-0.15, -0.1) is 5.10 Å². The molecule has 6 heteroatoms. The van der Waals surface area contributed by atoms with Crippen LogP contribution >= 0.6 is 0 Å². The van der Waals surface area contributed by atoms with Crippen LogP contribution in [-0.4, -0.2) is 30.8 Å². The average Bonchev–Trinajstić information content (AvgIpc) is 2.88. The van der Waals surface area contributed by atoms with Crippen molar-refractivity contribution in [2.75, 3.05) is 0 Å². The minimum Gasteiger partial charge on any atom is -0.328 e. The Kier molecular flexibility index (Phi) is 2.87. The second kappa shape index (κ2) is 4.50. The first-order chi connectivity index (χ1) is 7.40. The number of imidazole rings is 1. The summed E-state index contributed by atoms with van der Waals surface area (Å²) in [6.45, 7) is 1.55. The van der Waals surface area contributed by atoms with Crippen LogP contribution < -0.4 is 0 Å². The van der Waals surface area contributed by atoms with Crippen LogP contribution in [0.5, 0.6) is 0 Å². The van der Waals surface area contributed by atoms with Crippen molar-refractivity contribution < 1.29 is 4.79 Å². The van der Waals surface area contributed by atoms with Crippen molar-refractivity contribution in [3.8, 4) is 0 Å². The lowest BCUT2D eigenvalue weighted by Gasteiger charge is -2.03. The van der Waals surface area contributed by atoms with E-state index >= 15 is 0 Å². The van der Waals surface area contributed by atoms with Gasteiger partial charge in [-0.25, -0.2) is 4.98 Å². The second-order valence-corrected chi connectivity index (χ2v) is 3.15. The summed E-state index contributed by atoms with van der Waals surface area (Å²) in [6.07, 6.45) is 8.37. The molecule has 2 rings (SSSR count). The summed E-state index contributed by atoms with van der Waals surface area (Å²) in [4.78, 5) is 14.5. The van der Waals surface area contributed by atoms with E-state index in [9.17, 15) is 4.79 Å². The normalized spacial score (nSPS) is 10.4. The molecule has 0 N–H and O–H groups in total. The monoisotopic (exact) mass is 205 g/mol. The van der Waals surface area contributed by atoms with Crippen LogP contribution in [0, 0.1) is 0 Å². The van der Waals surface area contributed by atoms with E-state index in [0.29, 0.717) is 5.69 Å². The highest BCUT2D eigenvalue weighted by atomic mass is 16.1. The lowest BCUT2D eigenvalue weighted by atomic mass is 10.4. The van der Waals surface area contributed by atoms with Crippen molar-refractivity contribution in [3.05, 3.63) is 30.6 Å². The van der Waals surface area contributed by atoms with Gasteiger partial charge in [-0.3, -0.25) is 9.48 Å². The van der Waals surface area contributed by atoms with Gasteiger partial charge in [0.2, 0.25) is 0 Å². The Labute approximate surface area is 86.5 Å². The smallest absolute Gasteiger partial charge is 0.168 e. The first-order valence-electron chi connectivity index (χ1n) is 4.69. The zero-order valence-electron chi connectivity index (χ0n) is 8.15. The molecule has 0 unspecified atom stereocenters. The summed E-state index contributed by atoms with van der Waals surface area (Å²) >= 11 is 0. The SMILES string of the molecule is O=Cc1cncn1CCCn1ccnn1. The van der Waals surface area contributed by atoms with Gasteiger partial charge in [-0.05, 0) is 6.42 Å². The lowest BCUT2D eigenvalue weighted by Crippen LogP contribution is -2.06. The van der Waals surface area contributed by atoms with Crippen LogP contribution in [0.1, 0.15) is 16.9 Å². The molecular formula is C9H11N5O. The fraction of sp³-hybridized carbons (Fsp3) is 0.333. The number of hydrogen-bond donors (Lipinski definition) is 0. The van der Waals surface area contributed by atoms with Crippen molar-refractivity contribution in [3.63, 3.8) is 0 Å². The number of aldehydes is 1. The molecule has 0 amide bonds. The summed E-state index contributed by atoms with van der Waals surface area (Å²) in [7, 11) is 0. The van der Waals surface area contributed by atoms with Gasteiger partial charge in [0.05, 0.1) is 18.7 Å². The predicted octanol–water partition coefficient (Wildman–Crippen LogP) is 0.377. The molecule has 78 valence electrons. The van der Waals surface area contributed by atoms with E-state index in [1.165, 1.54) is 0 Å². The minimum atomic E-state index is 0.605. The number of aromatic nitrogens is 5. The maximum absolute atomic E-state index is 10.6. The topological polar surface area (TPSA) is 65.6 Å². The predicted molar refractivity (Wildman–Crippen MR) is 52.3 cm³/mol. The number of aryl methyl sites for hydroxylation is 2. The highest BCUT2D eigenvalue weighted by Crippen LogP contribution is 1.98. The highest BCUT2D eigenvalue weighted by molar-refractivity contribution is 5.71. The Balaban J connectivity index is 1.86. The quantitative estimate of drug-likeness (QED) is 0.662. The second-order valence-electron chi connectivity index (χ2n) is 3.15. The average molecular weight is 205 g/mol. The van der Waals surface area contributed by atoms with E-state index in [2.05, 4.69) is 15.3 Å². The molecular weight excluding hydrogens is 194 g/mol. The Hall–Kier alpha value is -1.98. The van der Waals surface area contributed by atoms with Crippen molar-refractivity contribution in [2.24, 2.45) is 0 Å². The van der Waals surface area contributed by atoms with Gasteiger partial charge in [0.25, 0.3) is 0 Å². The molecule has 0 aliphatic rings. The maximum atomic E-state index is 10.6. The maximum Gasteiger partial charge on any atom is 0.168 e. The summed E-state index contributed by atoms with van der Waals surface area (Å²) in [5.74, 6) is 0. The van der Waals surface area contributed by atoms with Crippen LogP contribution in [0.25, 0.3) is 0 Å². The van der Waals surface area contributed by atoms with Crippen molar-refractivity contribution >= 4 is 6.29 Å². The van der Waals surface area contributed by atoms with Crippen molar-refractivity contribution in [1.29, 1.82) is 0 Å². The molecule has 6 nitrogen and oxygen atoms in total. The molecule has 0 spiro atoms. The molecule has 2 heterocycles. The number of rotatable bonds is 5. The molecule has 0 aliphatic heterocycles. The first kappa shape index (κ1) is 9.57. The fourth-order valence-corrected chi connectivity index (χ4v) is 1.37. The highest BCUT2D eigenvalue weighted by Gasteiger charge is 1.99. The van der Waals surface area contributed by atoms with E-state index in [-0.39, 0.29) is 0 Å². The van der Waals surface area contributed by atoms with Crippen LogP contribution in [0.2, 0.25) is 0 Å². The molecule has 0 aliphatic carbocycles. The summed E-state index contributed by atoms with van der Waals surface area (Å²) in [6, 6.07) is 0.